The third kappa shape index (κ3) is 2.55. The number of hydrogen-bond acceptors (Lipinski definition) is 2. The number of carbonyl (C=O) groups excluding carboxylic acids is 1. The first-order valence-electron chi connectivity index (χ1n) is 7.67. The second kappa shape index (κ2) is 5.17. The minimum absolute atomic E-state index is 0.0378. The quantitative estimate of drug-likeness (QED) is 0.898. The number of fused-ring (bicyclic) bond motifs is 1. The van der Waals surface area contributed by atoms with Crippen molar-refractivity contribution in [1.82, 2.24) is 5.32 Å². The summed E-state index contributed by atoms with van der Waals surface area (Å²) in [5, 5.41) is 12.3. The largest absolute Gasteiger partial charge is 0.478 e. The van der Waals surface area contributed by atoms with Crippen LogP contribution >= 0.6 is 0 Å². The van der Waals surface area contributed by atoms with Gasteiger partial charge in [-0.2, -0.15) is 0 Å². The molecule has 1 saturated carbocycles. The molecule has 0 aliphatic heterocycles. The molecule has 1 aromatic rings. The van der Waals surface area contributed by atoms with Crippen molar-refractivity contribution in [2.75, 3.05) is 0 Å². The molecule has 1 aromatic carbocycles. The Kier molecular flexibility index (Phi) is 3.47. The van der Waals surface area contributed by atoms with E-state index < -0.39 is 5.97 Å². The molecule has 0 radical (unpaired) electrons. The van der Waals surface area contributed by atoms with Crippen LogP contribution in [-0.4, -0.2) is 17.0 Å². The number of rotatable bonds is 3. The van der Waals surface area contributed by atoms with Crippen LogP contribution in [0, 0.1) is 5.41 Å². The molecule has 0 heterocycles. The zero-order chi connectivity index (χ0) is 15.0. The fourth-order valence-electron chi connectivity index (χ4n) is 3.60. The second-order valence-corrected chi connectivity index (χ2v) is 6.55. The first-order chi connectivity index (χ1) is 9.99. The van der Waals surface area contributed by atoms with E-state index in [-0.39, 0.29) is 17.4 Å². The molecule has 0 saturated heterocycles. The summed E-state index contributed by atoms with van der Waals surface area (Å²) in [6.45, 7) is 2.04. The van der Waals surface area contributed by atoms with Crippen molar-refractivity contribution >= 4 is 11.9 Å². The Balaban J connectivity index is 1.79. The topological polar surface area (TPSA) is 66.4 Å². The monoisotopic (exact) mass is 287 g/mol. The fraction of sp³-hybridized carbons (Fsp3) is 0.529. The van der Waals surface area contributed by atoms with Crippen LogP contribution in [0.5, 0.6) is 0 Å². The molecule has 3 rings (SSSR count). The maximum absolute atomic E-state index is 12.5. The number of amides is 1. The average Bonchev–Trinajstić information content (AvgIpc) is 3.06. The van der Waals surface area contributed by atoms with Gasteiger partial charge >= 0.3 is 5.97 Å². The fourth-order valence-corrected chi connectivity index (χ4v) is 3.60. The zero-order valence-electron chi connectivity index (χ0n) is 12.3. The molecule has 2 aliphatic carbocycles. The Morgan fingerprint density at radius 3 is 2.67 bits per heavy atom. The van der Waals surface area contributed by atoms with Gasteiger partial charge in [0.25, 0.3) is 0 Å². The predicted molar refractivity (Wildman–Crippen MR) is 79.2 cm³/mol. The summed E-state index contributed by atoms with van der Waals surface area (Å²) in [5.41, 5.74) is 2.18. The van der Waals surface area contributed by atoms with Gasteiger partial charge in [-0.1, -0.05) is 25.8 Å². The molecule has 4 heteroatoms. The highest BCUT2D eigenvalue weighted by Gasteiger charge is 2.38. The molecule has 4 nitrogen and oxygen atoms in total. The van der Waals surface area contributed by atoms with Gasteiger partial charge in [-0.15, -0.1) is 0 Å². The van der Waals surface area contributed by atoms with Gasteiger partial charge in [-0.05, 0) is 48.9 Å². The number of hydrogen-bond donors (Lipinski definition) is 2. The summed E-state index contributed by atoms with van der Waals surface area (Å²) >= 11 is 0. The molecule has 1 fully saturated rings. The van der Waals surface area contributed by atoms with Crippen LogP contribution in [0.4, 0.5) is 0 Å². The average molecular weight is 287 g/mol. The number of carboxylic acid groups (broad SMARTS) is 1. The van der Waals surface area contributed by atoms with Crippen molar-refractivity contribution in [1.29, 1.82) is 0 Å². The first kappa shape index (κ1) is 14.1. The minimum atomic E-state index is -0.919. The minimum Gasteiger partial charge on any atom is -0.478 e. The third-order valence-corrected chi connectivity index (χ3v) is 5.03. The Hall–Kier alpha value is -1.84. The summed E-state index contributed by atoms with van der Waals surface area (Å²) in [6, 6.07) is 5.20. The molecule has 1 amide bonds. The van der Waals surface area contributed by atoms with E-state index in [1.165, 1.54) is 0 Å². The van der Waals surface area contributed by atoms with Crippen molar-refractivity contribution in [3.05, 3.63) is 34.9 Å². The standard InChI is InChI=1S/C17H21NO3/c1-17(8-2-3-9-17)16(21)18-14-7-6-11-4-5-12(15(19)20)10-13(11)14/h4-5,10,14H,2-3,6-9H2,1H3,(H,18,21)(H,19,20). The number of benzene rings is 1. The number of carbonyl (C=O) groups is 2. The highest BCUT2D eigenvalue weighted by molar-refractivity contribution is 5.88. The summed E-state index contributed by atoms with van der Waals surface area (Å²) in [6.07, 6.45) is 5.90. The van der Waals surface area contributed by atoms with E-state index in [1.54, 1.807) is 12.1 Å². The lowest BCUT2D eigenvalue weighted by Crippen LogP contribution is -2.38. The molecule has 112 valence electrons. The number of nitrogens with one attached hydrogen (secondary N) is 1. The predicted octanol–water partition coefficient (Wildman–Crippen LogP) is 3.07. The SMILES string of the molecule is CC1(C(=O)NC2CCc3ccc(C(=O)O)cc32)CCCC1. The van der Waals surface area contributed by atoms with E-state index in [0.717, 1.165) is 49.7 Å². The van der Waals surface area contributed by atoms with E-state index in [0.29, 0.717) is 5.56 Å². The van der Waals surface area contributed by atoms with E-state index in [4.69, 9.17) is 5.11 Å². The molecule has 1 atom stereocenters. The van der Waals surface area contributed by atoms with E-state index >= 15 is 0 Å². The van der Waals surface area contributed by atoms with Crippen LogP contribution in [-0.2, 0) is 11.2 Å². The number of carboxylic acids is 1. The van der Waals surface area contributed by atoms with Crippen molar-refractivity contribution in [2.45, 2.75) is 51.5 Å². The molecule has 0 aromatic heterocycles. The maximum Gasteiger partial charge on any atom is 0.335 e. The van der Waals surface area contributed by atoms with Gasteiger partial charge in [0.1, 0.15) is 0 Å². The molecule has 1 unspecified atom stereocenters. The normalized spacial score (nSPS) is 22.8. The van der Waals surface area contributed by atoms with Gasteiger partial charge < -0.3 is 10.4 Å². The van der Waals surface area contributed by atoms with Gasteiger partial charge in [0.05, 0.1) is 11.6 Å². The lowest BCUT2D eigenvalue weighted by molar-refractivity contribution is -0.130. The molecule has 2 N–H and O–H groups in total. The van der Waals surface area contributed by atoms with E-state index in [9.17, 15) is 9.59 Å². The van der Waals surface area contributed by atoms with Crippen LogP contribution in [0.15, 0.2) is 18.2 Å². The maximum atomic E-state index is 12.5. The summed E-state index contributed by atoms with van der Waals surface area (Å²) in [7, 11) is 0. The lowest BCUT2D eigenvalue weighted by atomic mass is 9.87. The van der Waals surface area contributed by atoms with E-state index in [1.807, 2.05) is 13.0 Å². The molecule has 0 bridgehead atoms. The Labute approximate surface area is 124 Å². The van der Waals surface area contributed by atoms with Crippen molar-refractivity contribution in [3.63, 3.8) is 0 Å². The highest BCUT2D eigenvalue weighted by atomic mass is 16.4. The summed E-state index contributed by atoms with van der Waals surface area (Å²) in [5.74, 6) is -0.795. The molecule has 2 aliphatic rings. The summed E-state index contributed by atoms with van der Waals surface area (Å²) < 4.78 is 0. The Morgan fingerprint density at radius 2 is 2.00 bits per heavy atom. The van der Waals surface area contributed by atoms with Crippen LogP contribution in [0.2, 0.25) is 0 Å². The first-order valence-corrected chi connectivity index (χ1v) is 7.67. The second-order valence-electron chi connectivity index (χ2n) is 6.55. The van der Waals surface area contributed by atoms with Crippen LogP contribution < -0.4 is 5.32 Å². The summed E-state index contributed by atoms with van der Waals surface area (Å²) in [4.78, 5) is 23.6. The lowest BCUT2D eigenvalue weighted by Gasteiger charge is -2.25. The van der Waals surface area contributed by atoms with Crippen LogP contribution in [0.25, 0.3) is 0 Å². The van der Waals surface area contributed by atoms with Gasteiger partial charge in [0.2, 0.25) is 5.91 Å². The molecular weight excluding hydrogens is 266 g/mol. The van der Waals surface area contributed by atoms with Gasteiger partial charge in [0, 0.05) is 5.41 Å². The smallest absolute Gasteiger partial charge is 0.335 e. The highest BCUT2D eigenvalue weighted by Crippen LogP contribution is 2.39. The molecular formula is C17H21NO3. The van der Waals surface area contributed by atoms with Crippen molar-refractivity contribution in [3.8, 4) is 0 Å². The van der Waals surface area contributed by atoms with E-state index in [2.05, 4.69) is 5.32 Å². The zero-order valence-corrected chi connectivity index (χ0v) is 12.3. The van der Waals surface area contributed by atoms with Crippen molar-refractivity contribution < 1.29 is 14.7 Å². The van der Waals surface area contributed by atoms with Gasteiger partial charge in [-0.3, -0.25) is 4.79 Å². The Morgan fingerprint density at radius 1 is 1.29 bits per heavy atom. The van der Waals surface area contributed by atoms with Crippen molar-refractivity contribution in [2.24, 2.45) is 5.41 Å². The van der Waals surface area contributed by atoms with Crippen LogP contribution in [0.3, 0.4) is 0 Å². The number of aromatic carboxylic acids is 1. The third-order valence-electron chi connectivity index (χ3n) is 5.03. The van der Waals surface area contributed by atoms with Gasteiger partial charge in [-0.25, -0.2) is 4.79 Å². The van der Waals surface area contributed by atoms with Gasteiger partial charge in [0.15, 0.2) is 0 Å². The number of aryl methyl sites for hydroxylation is 1. The van der Waals surface area contributed by atoms with Crippen LogP contribution in [0.1, 0.15) is 66.6 Å². The Bertz CT molecular complexity index is 588. The molecule has 21 heavy (non-hydrogen) atoms. The molecule has 0 spiro atoms.